The van der Waals surface area contributed by atoms with Crippen molar-refractivity contribution < 1.29 is 4.79 Å². The smallest absolute Gasteiger partial charge is 0.120 e. The molecule has 0 aliphatic rings. The molecule has 2 heteroatoms. The summed E-state index contributed by atoms with van der Waals surface area (Å²) < 4.78 is 1.09. The fourth-order valence-electron chi connectivity index (χ4n) is 1.62. The Morgan fingerprint density at radius 3 is 2.50 bits per heavy atom. The SMILES string of the molecule is CCC[C@H](CC=O)c1ccc(Br)cc1. The Bertz CT molecular complexity index is 279. The van der Waals surface area contributed by atoms with E-state index < -0.39 is 0 Å². The predicted molar refractivity (Wildman–Crippen MR) is 62.5 cm³/mol. The first-order valence-electron chi connectivity index (χ1n) is 4.97. The number of carbonyl (C=O) groups is 1. The fourth-order valence-corrected chi connectivity index (χ4v) is 1.88. The van der Waals surface area contributed by atoms with E-state index in [1.165, 1.54) is 5.56 Å². The van der Waals surface area contributed by atoms with Crippen LogP contribution in [0.5, 0.6) is 0 Å². The van der Waals surface area contributed by atoms with Crippen LogP contribution in [0.15, 0.2) is 28.7 Å². The lowest BCUT2D eigenvalue weighted by Gasteiger charge is -2.13. The molecule has 14 heavy (non-hydrogen) atoms. The number of aldehydes is 1. The van der Waals surface area contributed by atoms with Crippen molar-refractivity contribution >= 4 is 22.2 Å². The van der Waals surface area contributed by atoms with Crippen LogP contribution in [0.2, 0.25) is 0 Å². The van der Waals surface area contributed by atoms with Crippen LogP contribution in [0.25, 0.3) is 0 Å². The Hall–Kier alpha value is -0.630. The first kappa shape index (κ1) is 11.4. The van der Waals surface area contributed by atoms with E-state index in [4.69, 9.17) is 0 Å². The highest BCUT2D eigenvalue weighted by molar-refractivity contribution is 9.10. The van der Waals surface area contributed by atoms with Crippen LogP contribution in [0.4, 0.5) is 0 Å². The van der Waals surface area contributed by atoms with E-state index in [9.17, 15) is 4.79 Å². The molecule has 0 spiro atoms. The summed E-state index contributed by atoms with van der Waals surface area (Å²) in [4.78, 5) is 10.5. The molecule has 0 aliphatic carbocycles. The highest BCUT2D eigenvalue weighted by atomic mass is 79.9. The lowest BCUT2D eigenvalue weighted by Crippen LogP contribution is -1.99. The van der Waals surface area contributed by atoms with Crippen molar-refractivity contribution in [2.75, 3.05) is 0 Å². The van der Waals surface area contributed by atoms with Gasteiger partial charge in [0.1, 0.15) is 6.29 Å². The molecule has 1 rings (SSSR count). The van der Waals surface area contributed by atoms with Crippen molar-refractivity contribution in [3.8, 4) is 0 Å². The molecule has 1 atom stereocenters. The monoisotopic (exact) mass is 254 g/mol. The Kier molecular flexibility index (Phi) is 4.88. The second-order valence-electron chi connectivity index (χ2n) is 3.44. The van der Waals surface area contributed by atoms with Gasteiger partial charge in [0, 0.05) is 10.9 Å². The van der Waals surface area contributed by atoms with Gasteiger partial charge >= 0.3 is 0 Å². The molecule has 76 valence electrons. The number of benzene rings is 1. The molecular weight excluding hydrogens is 240 g/mol. The lowest BCUT2D eigenvalue weighted by molar-refractivity contribution is -0.108. The van der Waals surface area contributed by atoms with Crippen LogP contribution in [-0.2, 0) is 4.79 Å². The van der Waals surface area contributed by atoms with Crippen molar-refractivity contribution in [1.82, 2.24) is 0 Å². The molecule has 0 bridgehead atoms. The summed E-state index contributed by atoms with van der Waals surface area (Å²) in [5.41, 5.74) is 1.27. The summed E-state index contributed by atoms with van der Waals surface area (Å²) in [6, 6.07) is 8.24. The van der Waals surface area contributed by atoms with E-state index >= 15 is 0 Å². The van der Waals surface area contributed by atoms with Crippen LogP contribution in [-0.4, -0.2) is 6.29 Å². The lowest BCUT2D eigenvalue weighted by atomic mass is 9.92. The molecule has 0 saturated carbocycles. The molecule has 0 aliphatic heterocycles. The summed E-state index contributed by atoms with van der Waals surface area (Å²) in [7, 11) is 0. The number of hydrogen-bond donors (Lipinski definition) is 0. The zero-order valence-corrected chi connectivity index (χ0v) is 9.96. The number of hydrogen-bond acceptors (Lipinski definition) is 1. The van der Waals surface area contributed by atoms with Crippen LogP contribution < -0.4 is 0 Å². The van der Waals surface area contributed by atoms with Crippen LogP contribution in [0, 0.1) is 0 Å². The maximum Gasteiger partial charge on any atom is 0.120 e. The second kappa shape index (κ2) is 5.97. The van der Waals surface area contributed by atoms with Crippen LogP contribution in [0.3, 0.4) is 0 Å². The van der Waals surface area contributed by atoms with E-state index in [2.05, 4.69) is 35.0 Å². The summed E-state index contributed by atoms with van der Waals surface area (Å²) in [5, 5.41) is 0. The Morgan fingerprint density at radius 2 is 2.00 bits per heavy atom. The van der Waals surface area contributed by atoms with Crippen molar-refractivity contribution in [3.05, 3.63) is 34.3 Å². The fraction of sp³-hybridized carbons (Fsp3) is 0.417. The van der Waals surface area contributed by atoms with E-state index in [1.807, 2.05) is 12.1 Å². The third-order valence-corrected chi connectivity index (χ3v) is 2.89. The maximum absolute atomic E-state index is 10.5. The van der Waals surface area contributed by atoms with Gasteiger partial charge in [-0.15, -0.1) is 0 Å². The van der Waals surface area contributed by atoms with Gasteiger partial charge in [0.2, 0.25) is 0 Å². The summed E-state index contributed by atoms with van der Waals surface area (Å²) in [6.07, 6.45) is 3.85. The highest BCUT2D eigenvalue weighted by Crippen LogP contribution is 2.25. The topological polar surface area (TPSA) is 17.1 Å². The zero-order valence-electron chi connectivity index (χ0n) is 8.37. The molecule has 0 unspecified atom stereocenters. The molecule has 0 amide bonds. The minimum Gasteiger partial charge on any atom is -0.303 e. The van der Waals surface area contributed by atoms with Gasteiger partial charge in [-0.2, -0.15) is 0 Å². The number of rotatable bonds is 5. The average Bonchev–Trinajstić information content (AvgIpc) is 2.19. The van der Waals surface area contributed by atoms with Gasteiger partial charge in [-0.25, -0.2) is 0 Å². The molecule has 0 saturated heterocycles. The summed E-state index contributed by atoms with van der Waals surface area (Å²) in [5.74, 6) is 0.394. The Labute approximate surface area is 93.7 Å². The molecule has 1 nitrogen and oxygen atoms in total. The molecule has 1 aromatic carbocycles. The van der Waals surface area contributed by atoms with Gasteiger partial charge in [0.25, 0.3) is 0 Å². The minimum absolute atomic E-state index is 0.394. The van der Waals surface area contributed by atoms with E-state index in [0.717, 1.165) is 23.6 Å². The first-order chi connectivity index (χ1) is 6.77. The van der Waals surface area contributed by atoms with E-state index in [1.54, 1.807) is 0 Å². The summed E-state index contributed by atoms with van der Waals surface area (Å²) >= 11 is 3.40. The number of halogens is 1. The third kappa shape index (κ3) is 3.26. The summed E-state index contributed by atoms with van der Waals surface area (Å²) in [6.45, 7) is 2.15. The van der Waals surface area contributed by atoms with Gasteiger partial charge in [-0.05, 0) is 30.0 Å². The average molecular weight is 255 g/mol. The standard InChI is InChI=1S/C12H15BrO/c1-2-3-10(8-9-14)11-4-6-12(13)7-5-11/h4-7,9-10H,2-3,8H2,1H3/t10-/m1/s1. The van der Waals surface area contributed by atoms with Gasteiger partial charge in [0.05, 0.1) is 0 Å². The molecule has 1 aromatic rings. The highest BCUT2D eigenvalue weighted by Gasteiger charge is 2.09. The first-order valence-corrected chi connectivity index (χ1v) is 5.76. The quantitative estimate of drug-likeness (QED) is 0.729. The Balaban J connectivity index is 2.76. The number of carbonyl (C=O) groups excluding carboxylic acids is 1. The van der Waals surface area contributed by atoms with Gasteiger partial charge in [-0.1, -0.05) is 41.4 Å². The second-order valence-corrected chi connectivity index (χ2v) is 4.36. The van der Waals surface area contributed by atoms with Gasteiger partial charge in [0.15, 0.2) is 0 Å². The minimum atomic E-state index is 0.394. The Morgan fingerprint density at radius 1 is 1.36 bits per heavy atom. The maximum atomic E-state index is 10.5. The molecule has 0 heterocycles. The molecule has 0 radical (unpaired) electrons. The van der Waals surface area contributed by atoms with Gasteiger partial charge in [-0.3, -0.25) is 0 Å². The third-order valence-electron chi connectivity index (χ3n) is 2.36. The zero-order chi connectivity index (χ0) is 10.4. The van der Waals surface area contributed by atoms with Crippen molar-refractivity contribution in [1.29, 1.82) is 0 Å². The predicted octanol–water partition coefficient (Wildman–Crippen LogP) is 3.92. The van der Waals surface area contributed by atoms with Crippen molar-refractivity contribution in [2.45, 2.75) is 32.1 Å². The van der Waals surface area contributed by atoms with Gasteiger partial charge < -0.3 is 4.79 Å². The molecular formula is C12H15BrO. The molecule has 0 N–H and O–H groups in total. The van der Waals surface area contributed by atoms with Crippen LogP contribution >= 0.6 is 15.9 Å². The molecule has 0 fully saturated rings. The largest absolute Gasteiger partial charge is 0.303 e. The van der Waals surface area contributed by atoms with Crippen molar-refractivity contribution in [2.24, 2.45) is 0 Å². The van der Waals surface area contributed by atoms with E-state index in [0.29, 0.717) is 12.3 Å². The van der Waals surface area contributed by atoms with Crippen molar-refractivity contribution in [3.63, 3.8) is 0 Å². The molecule has 0 aromatic heterocycles. The normalized spacial score (nSPS) is 12.4. The van der Waals surface area contributed by atoms with E-state index in [-0.39, 0.29) is 0 Å². The van der Waals surface area contributed by atoms with Crippen LogP contribution in [0.1, 0.15) is 37.7 Å².